The van der Waals surface area contributed by atoms with Crippen molar-refractivity contribution in [2.75, 3.05) is 6.54 Å². The van der Waals surface area contributed by atoms with Gasteiger partial charge < -0.3 is 5.73 Å². The van der Waals surface area contributed by atoms with Gasteiger partial charge in [-0.25, -0.2) is 9.97 Å². The molecule has 3 nitrogen and oxygen atoms in total. The first kappa shape index (κ1) is 16.1. The van der Waals surface area contributed by atoms with Gasteiger partial charge in [-0.2, -0.15) is 0 Å². The van der Waals surface area contributed by atoms with E-state index >= 15 is 0 Å². The minimum atomic E-state index is 0.636. The smallest absolute Gasteiger partial charge is 0.160 e. The van der Waals surface area contributed by atoms with Gasteiger partial charge in [-0.1, -0.05) is 35.8 Å². The van der Waals surface area contributed by atoms with Crippen molar-refractivity contribution in [1.29, 1.82) is 0 Å². The van der Waals surface area contributed by atoms with Crippen LogP contribution in [0.4, 0.5) is 0 Å². The lowest BCUT2D eigenvalue weighted by atomic mass is 10.0. The van der Waals surface area contributed by atoms with Gasteiger partial charge in [0.25, 0.3) is 0 Å². The predicted molar refractivity (Wildman–Crippen MR) is 91.4 cm³/mol. The molecule has 0 bridgehead atoms. The van der Waals surface area contributed by atoms with Crippen LogP contribution in [0, 0.1) is 6.92 Å². The summed E-state index contributed by atoms with van der Waals surface area (Å²) in [6.07, 6.45) is 2.66. The van der Waals surface area contributed by atoms with Crippen molar-refractivity contribution in [3.05, 3.63) is 45.2 Å². The first-order valence-corrected chi connectivity index (χ1v) is 8.25. The first-order valence-electron chi connectivity index (χ1n) is 7.45. The molecule has 0 amide bonds. The van der Waals surface area contributed by atoms with Crippen molar-refractivity contribution in [3.63, 3.8) is 0 Å². The Morgan fingerprint density at radius 1 is 1.10 bits per heavy atom. The zero-order chi connectivity index (χ0) is 15.4. The number of hydrogen-bond acceptors (Lipinski definition) is 3. The summed E-state index contributed by atoms with van der Waals surface area (Å²) in [7, 11) is 0. The average molecular weight is 348 g/mol. The van der Waals surface area contributed by atoms with Crippen LogP contribution in [0.15, 0.2) is 22.7 Å². The Bertz CT molecular complexity index is 613. The van der Waals surface area contributed by atoms with Crippen molar-refractivity contribution in [1.82, 2.24) is 9.97 Å². The Kier molecular flexibility index (Phi) is 5.48. The Labute approximate surface area is 135 Å². The van der Waals surface area contributed by atoms with Crippen LogP contribution in [0.3, 0.4) is 0 Å². The molecule has 0 aliphatic carbocycles. The molecule has 0 fully saturated rings. The van der Waals surface area contributed by atoms with E-state index in [1.54, 1.807) is 0 Å². The third-order valence-electron chi connectivity index (χ3n) is 3.61. The number of benzene rings is 1. The van der Waals surface area contributed by atoms with Gasteiger partial charge in [-0.15, -0.1) is 0 Å². The topological polar surface area (TPSA) is 51.8 Å². The normalized spacial score (nSPS) is 10.9. The number of aromatic nitrogens is 2. The van der Waals surface area contributed by atoms with Crippen LogP contribution in [0.2, 0.25) is 0 Å². The fourth-order valence-electron chi connectivity index (χ4n) is 2.52. The molecule has 2 rings (SSSR count). The molecule has 1 heterocycles. The van der Waals surface area contributed by atoms with Crippen molar-refractivity contribution in [2.45, 2.75) is 40.0 Å². The molecule has 0 aliphatic heterocycles. The molecule has 112 valence electrons. The van der Waals surface area contributed by atoms with Gasteiger partial charge in [0.15, 0.2) is 5.82 Å². The summed E-state index contributed by atoms with van der Waals surface area (Å²) in [5.41, 5.74) is 11.5. The lowest BCUT2D eigenvalue weighted by Crippen LogP contribution is -2.12. The van der Waals surface area contributed by atoms with Gasteiger partial charge in [0.2, 0.25) is 0 Å². The third-order valence-corrected chi connectivity index (χ3v) is 4.26. The highest BCUT2D eigenvalue weighted by molar-refractivity contribution is 9.10. The number of aryl methyl sites for hydroxylation is 3. The Hall–Kier alpha value is -1.26. The van der Waals surface area contributed by atoms with Crippen LogP contribution >= 0.6 is 15.9 Å². The summed E-state index contributed by atoms with van der Waals surface area (Å²) in [5, 5.41) is 0. The third kappa shape index (κ3) is 3.50. The zero-order valence-electron chi connectivity index (χ0n) is 12.9. The van der Waals surface area contributed by atoms with E-state index in [0.29, 0.717) is 6.54 Å². The minimum Gasteiger partial charge on any atom is -0.330 e. The summed E-state index contributed by atoms with van der Waals surface area (Å²) >= 11 is 3.63. The molecule has 1 aromatic carbocycles. The minimum absolute atomic E-state index is 0.636. The maximum atomic E-state index is 5.73. The molecule has 0 spiro atoms. The van der Waals surface area contributed by atoms with E-state index in [-0.39, 0.29) is 0 Å². The van der Waals surface area contributed by atoms with E-state index in [4.69, 9.17) is 15.7 Å². The number of hydrogen-bond donors (Lipinski definition) is 1. The van der Waals surface area contributed by atoms with Crippen LogP contribution in [0.1, 0.15) is 36.4 Å². The van der Waals surface area contributed by atoms with E-state index in [1.165, 1.54) is 11.1 Å². The second-order valence-corrected chi connectivity index (χ2v) is 6.00. The van der Waals surface area contributed by atoms with E-state index in [2.05, 4.69) is 54.9 Å². The summed E-state index contributed by atoms with van der Waals surface area (Å²) in [6.45, 7) is 6.98. The van der Waals surface area contributed by atoms with E-state index in [0.717, 1.165) is 46.5 Å². The lowest BCUT2D eigenvalue weighted by molar-refractivity contribution is 0.844. The fraction of sp³-hybridized carbons (Fsp3) is 0.412. The largest absolute Gasteiger partial charge is 0.330 e. The van der Waals surface area contributed by atoms with Crippen molar-refractivity contribution < 1.29 is 0 Å². The van der Waals surface area contributed by atoms with Crippen LogP contribution < -0.4 is 5.73 Å². The van der Waals surface area contributed by atoms with E-state index in [1.807, 2.05) is 0 Å². The molecule has 1 aromatic heterocycles. The number of rotatable bonds is 5. The van der Waals surface area contributed by atoms with E-state index < -0.39 is 0 Å². The maximum absolute atomic E-state index is 5.73. The number of halogens is 1. The van der Waals surface area contributed by atoms with Crippen molar-refractivity contribution >= 4 is 15.9 Å². The summed E-state index contributed by atoms with van der Waals surface area (Å²) in [4.78, 5) is 9.56. The van der Waals surface area contributed by atoms with Crippen molar-refractivity contribution in [3.8, 4) is 11.4 Å². The second kappa shape index (κ2) is 7.14. The monoisotopic (exact) mass is 347 g/mol. The highest BCUT2D eigenvalue weighted by Crippen LogP contribution is 2.28. The standard InChI is InChI=1S/C17H22BrN3/c1-4-15-13(8-9-19)16(5-2)21-17(20-15)12-7-6-11(3)10-14(12)18/h6-7,10H,4-5,8-9,19H2,1-3H3. The summed E-state index contributed by atoms with van der Waals surface area (Å²) < 4.78 is 1.04. The van der Waals surface area contributed by atoms with Gasteiger partial charge in [0.05, 0.1) is 0 Å². The maximum Gasteiger partial charge on any atom is 0.160 e. The van der Waals surface area contributed by atoms with Gasteiger partial charge in [-0.3, -0.25) is 0 Å². The van der Waals surface area contributed by atoms with Gasteiger partial charge >= 0.3 is 0 Å². The summed E-state index contributed by atoms with van der Waals surface area (Å²) in [5.74, 6) is 0.802. The molecule has 0 saturated carbocycles. The Balaban J connectivity index is 2.59. The quantitative estimate of drug-likeness (QED) is 0.893. The summed E-state index contributed by atoms with van der Waals surface area (Å²) in [6, 6.07) is 6.27. The molecular weight excluding hydrogens is 326 g/mol. The molecule has 0 saturated heterocycles. The Morgan fingerprint density at radius 3 is 2.19 bits per heavy atom. The fourth-order valence-corrected chi connectivity index (χ4v) is 3.19. The van der Waals surface area contributed by atoms with E-state index in [9.17, 15) is 0 Å². The van der Waals surface area contributed by atoms with Gasteiger partial charge in [0.1, 0.15) is 0 Å². The highest BCUT2D eigenvalue weighted by Gasteiger charge is 2.14. The molecule has 0 atom stereocenters. The molecule has 4 heteroatoms. The van der Waals surface area contributed by atoms with Crippen LogP contribution in [0.25, 0.3) is 11.4 Å². The average Bonchev–Trinajstić information content (AvgIpc) is 2.47. The van der Waals surface area contributed by atoms with Crippen LogP contribution in [-0.4, -0.2) is 16.5 Å². The highest BCUT2D eigenvalue weighted by atomic mass is 79.9. The molecular formula is C17H22BrN3. The lowest BCUT2D eigenvalue weighted by Gasteiger charge is -2.14. The molecule has 2 aromatic rings. The van der Waals surface area contributed by atoms with Gasteiger partial charge in [0, 0.05) is 21.4 Å². The molecule has 21 heavy (non-hydrogen) atoms. The first-order chi connectivity index (χ1) is 10.1. The SMILES string of the molecule is CCc1nc(-c2ccc(C)cc2Br)nc(CC)c1CCN. The molecule has 0 unspecified atom stereocenters. The second-order valence-electron chi connectivity index (χ2n) is 5.15. The zero-order valence-corrected chi connectivity index (χ0v) is 14.5. The molecule has 0 radical (unpaired) electrons. The van der Waals surface area contributed by atoms with Crippen molar-refractivity contribution in [2.24, 2.45) is 5.73 Å². The predicted octanol–water partition coefficient (Wildman–Crippen LogP) is 3.84. The van der Waals surface area contributed by atoms with Crippen LogP contribution in [0.5, 0.6) is 0 Å². The van der Waals surface area contributed by atoms with Crippen LogP contribution in [-0.2, 0) is 19.3 Å². The number of nitrogens with zero attached hydrogens (tertiary/aromatic N) is 2. The molecule has 2 N–H and O–H groups in total. The number of nitrogens with two attached hydrogens (primary N) is 1. The molecule has 0 aliphatic rings. The Morgan fingerprint density at radius 2 is 1.71 bits per heavy atom. The van der Waals surface area contributed by atoms with Gasteiger partial charge in [-0.05, 0) is 56.0 Å².